The normalized spacial score (nSPS) is 17.1. The summed E-state index contributed by atoms with van der Waals surface area (Å²) in [4.78, 5) is 0. The molecule has 0 unspecified atom stereocenters. The summed E-state index contributed by atoms with van der Waals surface area (Å²) >= 11 is 6.00. The molecule has 0 aromatic heterocycles. The first kappa shape index (κ1) is 12.6. The summed E-state index contributed by atoms with van der Waals surface area (Å²) in [5, 5.41) is 0.578. The molecule has 1 aromatic rings. The molecule has 1 aliphatic rings. The maximum absolute atomic E-state index is 6.00. The number of benzene rings is 1. The molecule has 1 aliphatic carbocycles. The smallest absolute Gasteiger partial charge is 0.123 e. The van der Waals surface area contributed by atoms with E-state index < -0.39 is 0 Å². The van der Waals surface area contributed by atoms with Gasteiger partial charge in [0.2, 0.25) is 0 Å². The predicted molar refractivity (Wildman–Crippen MR) is 72.7 cm³/mol. The Hall–Kier alpha value is -0.890. The lowest BCUT2D eigenvalue weighted by Gasteiger charge is -2.22. The van der Waals surface area contributed by atoms with Gasteiger partial charge in [0.05, 0.1) is 17.3 Å². The van der Waals surface area contributed by atoms with Crippen molar-refractivity contribution in [1.29, 1.82) is 0 Å². The molecule has 0 bridgehead atoms. The van der Waals surface area contributed by atoms with Crippen molar-refractivity contribution in [3.8, 4) is 5.75 Å². The van der Waals surface area contributed by atoms with E-state index >= 15 is 0 Å². The SMILES string of the molecule is Cc1cc(N)c(Cl)cc1OCC1CCCCC1. The summed E-state index contributed by atoms with van der Waals surface area (Å²) in [5.74, 6) is 1.58. The standard InChI is InChI=1S/C14H20ClNO/c1-10-7-13(16)12(15)8-14(10)17-9-11-5-3-2-4-6-11/h7-8,11H,2-6,9,16H2,1H3. The Morgan fingerprint density at radius 2 is 2.00 bits per heavy atom. The average molecular weight is 254 g/mol. The summed E-state index contributed by atoms with van der Waals surface area (Å²) in [6.45, 7) is 2.81. The molecule has 1 saturated carbocycles. The van der Waals surface area contributed by atoms with Crippen LogP contribution in [0.2, 0.25) is 5.02 Å². The van der Waals surface area contributed by atoms with Gasteiger partial charge in [0.1, 0.15) is 5.75 Å². The van der Waals surface area contributed by atoms with Gasteiger partial charge >= 0.3 is 0 Å². The van der Waals surface area contributed by atoms with Gasteiger partial charge in [-0.3, -0.25) is 0 Å². The first-order valence-corrected chi connectivity index (χ1v) is 6.73. The lowest BCUT2D eigenvalue weighted by Crippen LogP contribution is -2.15. The monoisotopic (exact) mass is 253 g/mol. The van der Waals surface area contributed by atoms with Gasteiger partial charge in [-0.05, 0) is 37.3 Å². The maximum Gasteiger partial charge on any atom is 0.123 e. The molecule has 0 aliphatic heterocycles. The van der Waals surface area contributed by atoms with E-state index in [9.17, 15) is 0 Å². The highest BCUT2D eigenvalue weighted by atomic mass is 35.5. The fourth-order valence-corrected chi connectivity index (χ4v) is 2.56. The van der Waals surface area contributed by atoms with Gasteiger partial charge in [-0.1, -0.05) is 30.9 Å². The number of nitrogen functional groups attached to an aromatic ring is 1. The van der Waals surface area contributed by atoms with Crippen LogP contribution in [0.25, 0.3) is 0 Å². The molecule has 3 heteroatoms. The van der Waals surface area contributed by atoms with Gasteiger partial charge in [0.15, 0.2) is 0 Å². The summed E-state index contributed by atoms with van der Waals surface area (Å²) in [7, 11) is 0. The van der Waals surface area contributed by atoms with E-state index in [2.05, 4.69) is 0 Å². The number of rotatable bonds is 3. The second kappa shape index (κ2) is 5.63. The summed E-state index contributed by atoms with van der Waals surface area (Å²) in [5.41, 5.74) is 7.42. The highest BCUT2D eigenvalue weighted by molar-refractivity contribution is 6.33. The Morgan fingerprint density at radius 3 is 2.71 bits per heavy atom. The third-order valence-corrected chi connectivity index (χ3v) is 3.82. The van der Waals surface area contributed by atoms with Crippen molar-refractivity contribution in [2.24, 2.45) is 5.92 Å². The Morgan fingerprint density at radius 1 is 1.29 bits per heavy atom. The molecule has 0 atom stereocenters. The minimum absolute atomic E-state index is 0.578. The third-order valence-electron chi connectivity index (χ3n) is 3.49. The van der Waals surface area contributed by atoms with Crippen LogP contribution in [-0.4, -0.2) is 6.61 Å². The van der Waals surface area contributed by atoms with E-state index in [1.54, 1.807) is 0 Å². The number of nitrogens with two attached hydrogens (primary N) is 1. The zero-order valence-corrected chi connectivity index (χ0v) is 11.1. The van der Waals surface area contributed by atoms with Crippen molar-refractivity contribution in [2.45, 2.75) is 39.0 Å². The topological polar surface area (TPSA) is 35.2 Å². The van der Waals surface area contributed by atoms with Crippen LogP contribution in [0.1, 0.15) is 37.7 Å². The molecule has 0 heterocycles. The van der Waals surface area contributed by atoms with Gasteiger partial charge in [-0.15, -0.1) is 0 Å². The molecule has 0 saturated heterocycles. The van der Waals surface area contributed by atoms with Gasteiger partial charge in [-0.2, -0.15) is 0 Å². The number of ether oxygens (including phenoxy) is 1. The Labute approximate surface area is 108 Å². The molecule has 2 nitrogen and oxygen atoms in total. The Bertz CT molecular complexity index is 386. The van der Waals surface area contributed by atoms with E-state index in [1.165, 1.54) is 32.1 Å². The number of aryl methyl sites for hydroxylation is 1. The average Bonchev–Trinajstić information content (AvgIpc) is 2.33. The third kappa shape index (κ3) is 3.29. The van der Waals surface area contributed by atoms with Crippen LogP contribution in [0.3, 0.4) is 0 Å². The Kier molecular flexibility index (Phi) is 4.16. The van der Waals surface area contributed by atoms with Crippen molar-refractivity contribution < 1.29 is 4.74 Å². The number of anilines is 1. The van der Waals surface area contributed by atoms with Crippen molar-refractivity contribution in [3.63, 3.8) is 0 Å². The molecule has 0 amide bonds. The van der Waals surface area contributed by atoms with Crippen LogP contribution in [0, 0.1) is 12.8 Å². The zero-order chi connectivity index (χ0) is 12.3. The highest BCUT2D eigenvalue weighted by Crippen LogP contribution is 2.30. The summed E-state index contributed by atoms with van der Waals surface area (Å²) in [6, 6.07) is 3.70. The van der Waals surface area contributed by atoms with Gasteiger partial charge in [0.25, 0.3) is 0 Å². The molecule has 17 heavy (non-hydrogen) atoms. The maximum atomic E-state index is 6.00. The molecule has 0 spiro atoms. The Balaban J connectivity index is 1.96. The van der Waals surface area contributed by atoms with Crippen molar-refractivity contribution in [1.82, 2.24) is 0 Å². The van der Waals surface area contributed by atoms with Crippen LogP contribution in [0.15, 0.2) is 12.1 Å². The van der Waals surface area contributed by atoms with Crippen LogP contribution in [-0.2, 0) is 0 Å². The first-order valence-electron chi connectivity index (χ1n) is 6.35. The van der Waals surface area contributed by atoms with E-state index in [0.717, 1.165) is 17.9 Å². The molecule has 1 aromatic carbocycles. The molecule has 0 radical (unpaired) electrons. The lowest BCUT2D eigenvalue weighted by atomic mass is 9.90. The highest BCUT2D eigenvalue weighted by Gasteiger charge is 2.14. The fraction of sp³-hybridized carbons (Fsp3) is 0.571. The molecular weight excluding hydrogens is 234 g/mol. The minimum atomic E-state index is 0.578. The van der Waals surface area contributed by atoms with Gasteiger partial charge < -0.3 is 10.5 Å². The van der Waals surface area contributed by atoms with E-state index in [-0.39, 0.29) is 0 Å². The predicted octanol–water partition coefficient (Wildman–Crippen LogP) is 4.19. The minimum Gasteiger partial charge on any atom is -0.493 e. The second-order valence-corrected chi connectivity index (χ2v) is 5.36. The zero-order valence-electron chi connectivity index (χ0n) is 10.3. The number of hydrogen-bond acceptors (Lipinski definition) is 2. The molecule has 94 valence electrons. The molecule has 2 rings (SSSR count). The van der Waals surface area contributed by atoms with Gasteiger partial charge in [-0.25, -0.2) is 0 Å². The van der Waals surface area contributed by atoms with E-state index in [0.29, 0.717) is 16.6 Å². The molecule has 1 fully saturated rings. The first-order chi connectivity index (χ1) is 8.16. The van der Waals surface area contributed by atoms with Gasteiger partial charge in [0, 0.05) is 6.07 Å². The van der Waals surface area contributed by atoms with Crippen LogP contribution in [0.5, 0.6) is 5.75 Å². The summed E-state index contributed by atoms with van der Waals surface area (Å²) in [6.07, 6.45) is 6.65. The number of halogens is 1. The van der Waals surface area contributed by atoms with Crippen molar-refractivity contribution in [3.05, 3.63) is 22.7 Å². The van der Waals surface area contributed by atoms with E-state index in [1.807, 2.05) is 19.1 Å². The largest absolute Gasteiger partial charge is 0.493 e. The van der Waals surface area contributed by atoms with Crippen molar-refractivity contribution >= 4 is 17.3 Å². The van der Waals surface area contributed by atoms with Crippen LogP contribution >= 0.6 is 11.6 Å². The van der Waals surface area contributed by atoms with Crippen molar-refractivity contribution in [2.75, 3.05) is 12.3 Å². The second-order valence-electron chi connectivity index (χ2n) is 4.95. The van der Waals surface area contributed by atoms with E-state index in [4.69, 9.17) is 22.1 Å². The quantitative estimate of drug-likeness (QED) is 0.820. The molecule has 2 N–H and O–H groups in total. The summed E-state index contributed by atoms with van der Waals surface area (Å²) < 4.78 is 5.87. The van der Waals surface area contributed by atoms with Crippen LogP contribution in [0.4, 0.5) is 5.69 Å². The number of hydrogen-bond donors (Lipinski definition) is 1. The van der Waals surface area contributed by atoms with Crippen LogP contribution < -0.4 is 10.5 Å². The molecular formula is C14H20ClNO. The fourth-order valence-electron chi connectivity index (χ4n) is 2.40. The lowest BCUT2D eigenvalue weighted by molar-refractivity contribution is 0.208.